The molecule has 0 fully saturated rings. The second-order valence-electron chi connectivity index (χ2n) is 6.18. The van der Waals surface area contributed by atoms with Crippen molar-refractivity contribution in [1.82, 2.24) is 4.98 Å². The minimum atomic E-state index is -4.21. The van der Waals surface area contributed by atoms with E-state index >= 15 is 0 Å². The van der Waals surface area contributed by atoms with Gasteiger partial charge in [0.15, 0.2) is 0 Å². The molecule has 3 nitrogen and oxygen atoms in total. The van der Waals surface area contributed by atoms with Crippen LogP contribution in [0.25, 0.3) is 0 Å². The summed E-state index contributed by atoms with van der Waals surface area (Å²) in [5, 5.41) is 3.26. The van der Waals surface area contributed by atoms with E-state index in [1.54, 1.807) is 0 Å². The number of nitrogens with zero attached hydrogens (tertiary/aromatic N) is 2. The molecule has 0 saturated carbocycles. The third kappa shape index (κ3) is 4.37. The predicted molar refractivity (Wildman–Crippen MR) is 78.6 cm³/mol. The molecule has 1 aromatic rings. The van der Waals surface area contributed by atoms with Crippen molar-refractivity contribution in [2.45, 2.75) is 38.9 Å². The molecule has 0 aliphatic carbocycles. The van der Waals surface area contributed by atoms with Gasteiger partial charge in [-0.3, -0.25) is 0 Å². The van der Waals surface area contributed by atoms with E-state index < -0.39 is 11.7 Å². The molecule has 0 spiro atoms. The van der Waals surface area contributed by atoms with Gasteiger partial charge >= 0.3 is 6.18 Å². The highest BCUT2D eigenvalue weighted by Gasteiger charge is 2.34. The molecule has 2 rings (SSSR count). The van der Waals surface area contributed by atoms with E-state index in [2.05, 4.69) is 10.3 Å². The molecular weight excluding hydrogens is 279 g/mol. The summed E-state index contributed by atoms with van der Waals surface area (Å²) in [4.78, 5) is 6.32. The Balaban J connectivity index is 2.11. The second-order valence-corrected chi connectivity index (χ2v) is 6.18. The van der Waals surface area contributed by atoms with Crippen LogP contribution in [0.1, 0.15) is 27.2 Å². The van der Waals surface area contributed by atoms with Gasteiger partial charge in [0, 0.05) is 24.2 Å². The molecular formula is C15H20F3N3. The van der Waals surface area contributed by atoms with E-state index in [9.17, 15) is 13.2 Å². The molecule has 1 aromatic heterocycles. The molecule has 0 aromatic carbocycles. The van der Waals surface area contributed by atoms with Crippen LogP contribution in [0.4, 0.5) is 24.8 Å². The lowest BCUT2D eigenvalue weighted by atomic mass is 10.1. The summed E-state index contributed by atoms with van der Waals surface area (Å²) in [5.74, 6) is 1.42. The zero-order valence-corrected chi connectivity index (χ0v) is 12.5. The average Bonchev–Trinajstić information content (AvgIpc) is 2.36. The Kier molecular flexibility index (Phi) is 4.16. The molecule has 0 radical (unpaired) electrons. The van der Waals surface area contributed by atoms with Crippen molar-refractivity contribution in [2.24, 2.45) is 0 Å². The number of halogens is 3. The van der Waals surface area contributed by atoms with Crippen LogP contribution < -0.4 is 10.2 Å². The topological polar surface area (TPSA) is 28.2 Å². The van der Waals surface area contributed by atoms with E-state index in [-0.39, 0.29) is 18.5 Å². The van der Waals surface area contributed by atoms with Crippen LogP contribution in [-0.4, -0.2) is 29.8 Å². The summed E-state index contributed by atoms with van der Waals surface area (Å²) in [6.07, 6.45) is -2.97. The van der Waals surface area contributed by atoms with Gasteiger partial charge in [-0.2, -0.15) is 13.2 Å². The minimum absolute atomic E-state index is 0.00209. The molecule has 6 heteroatoms. The minimum Gasteiger partial charge on any atom is -0.365 e. The number of pyridine rings is 1. The number of hydrogen-bond acceptors (Lipinski definition) is 3. The fraction of sp³-hybridized carbons (Fsp3) is 0.533. The van der Waals surface area contributed by atoms with Crippen molar-refractivity contribution in [2.75, 3.05) is 23.3 Å². The van der Waals surface area contributed by atoms with Gasteiger partial charge in [0.05, 0.1) is 0 Å². The highest BCUT2D eigenvalue weighted by molar-refractivity contribution is 5.49. The molecule has 1 aliphatic rings. The molecule has 21 heavy (non-hydrogen) atoms. The number of nitrogens with one attached hydrogen (secondary N) is 1. The number of aromatic nitrogens is 1. The average molecular weight is 299 g/mol. The van der Waals surface area contributed by atoms with Crippen LogP contribution in [0.2, 0.25) is 0 Å². The van der Waals surface area contributed by atoms with Crippen LogP contribution in [0.3, 0.4) is 0 Å². The standard InChI is InChI=1S/C15H20F3N3/c1-14(2,3)20-12-5-4-6-13(19-12)21-9-7-11(8-10-21)15(16,17)18/h4-7H,8-10H2,1-3H3,(H,19,20). The monoisotopic (exact) mass is 299 g/mol. The Morgan fingerprint density at radius 3 is 2.43 bits per heavy atom. The second kappa shape index (κ2) is 5.58. The van der Waals surface area contributed by atoms with E-state index in [0.717, 1.165) is 5.82 Å². The van der Waals surface area contributed by atoms with Gasteiger partial charge in [-0.05, 0) is 39.3 Å². The summed E-state index contributed by atoms with van der Waals surface area (Å²) >= 11 is 0. The van der Waals surface area contributed by atoms with E-state index in [0.29, 0.717) is 12.4 Å². The molecule has 0 unspecified atom stereocenters. The third-order valence-electron chi connectivity index (χ3n) is 3.13. The first kappa shape index (κ1) is 15.7. The van der Waals surface area contributed by atoms with E-state index in [1.165, 1.54) is 6.08 Å². The van der Waals surface area contributed by atoms with Crippen LogP contribution in [0.15, 0.2) is 29.8 Å². The summed E-state index contributed by atoms with van der Waals surface area (Å²) in [6.45, 7) is 6.65. The van der Waals surface area contributed by atoms with Crippen molar-refractivity contribution >= 4 is 11.6 Å². The smallest absolute Gasteiger partial charge is 0.365 e. The highest BCUT2D eigenvalue weighted by Crippen LogP contribution is 2.31. The molecule has 116 valence electrons. The Hall–Kier alpha value is -1.72. The van der Waals surface area contributed by atoms with Gasteiger partial charge in [0.25, 0.3) is 0 Å². The summed E-state index contributed by atoms with van der Waals surface area (Å²) in [7, 11) is 0. The summed E-state index contributed by atoms with van der Waals surface area (Å²) in [6, 6.07) is 5.54. The zero-order chi connectivity index (χ0) is 15.7. The molecule has 2 heterocycles. The number of anilines is 2. The molecule has 0 atom stereocenters. The number of alkyl halides is 3. The van der Waals surface area contributed by atoms with Gasteiger partial charge in [0.1, 0.15) is 11.6 Å². The molecule has 0 amide bonds. The summed E-state index contributed by atoms with van der Waals surface area (Å²) < 4.78 is 37.8. The molecule has 0 saturated heterocycles. The molecule has 1 N–H and O–H groups in total. The lowest BCUT2D eigenvalue weighted by Gasteiger charge is -2.29. The van der Waals surface area contributed by atoms with Crippen LogP contribution in [-0.2, 0) is 0 Å². The first-order valence-corrected chi connectivity index (χ1v) is 6.91. The van der Waals surface area contributed by atoms with E-state index in [1.807, 2.05) is 43.9 Å². The predicted octanol–water partition coefficient (Wildman–Crippen LogP) is 3.99. The largest absolute Gasteiger partial charge is 0.412 e. The SMILES string of the molecule is CC(C)(C)Nc1cccc(N2CC=C(C(F)(F)F)CC2)n1. The quantitative estimate of drug-likeness (QED) is 0.837. The lowest BCUT2D eigenvalue weighted by Crippen LogP contribution is -2.33. The fourth-order valence-corrected chi connectivity index (χ4v) is 2.19. The normalized spacial score (nSPS) is 16.7. The highest BCUT2D eigenvalue weighted by atomic mass is 19.4. The number of rotatable bonds is 2. The molecule has 0 bridgehead atoms. The number of hydrogen-bond donors (Lipinski definition) is 1. The van der Waals surface area contributed by atoms with Crippen molar-refractivity contribution in [3.63, 3.8) is 0 Å². The third-order valence-corrected chi connectivity index (χ3v) is 3.13. The first-order chi connectivity index (χ1) is 9.65. The van der Waals surface area contributed by atoms with E-state index in [4.69, 9.17) is 0 Å². The Morgan fingerprint density at radius 2 is 1.90 bits per heavy atom. The maximum atomic E-state index is 12.6. The fourth-order valence-electron chi connectivity index (χ4n) is 2.19. The van der Waals surface area contributed by atoms with Crippen molar-refractivity contribution in [3.8, 4) is 0 Å². The van der Waals surface area contributed by atoms with Gasteiger partial charge in [-0.25, -0.2) is 4.98 Å². The van der Waals surface area contributed by atoms with Crippen LogP contribution in [0, 0.1) is 0 Å². The molecule has 1 aliphatic heterocycles. The zero-order valence-electron chi connectivity index (χ0n) is 12.5. The van der Waals surface area contributed by atoms with Crippen molar-refractivity contribution < 1.29 is 13.2 Å². The lowest BCUT2D eigenvalue weighted by molar-refractivity contribution is -0.0944. The van der Waals surface area contributed by atoms with Gasteiger partial charge in [-0.15, -0.1) is 0 Å². The van der Waals surface area contributed by atoms with Gasteiger partial charge in [-0.1, -0.05) is 12.1 Å². The van der Waals surface area contributed by atoms with Crippen molar-refractivity contribution in [3.05, 3.63) is 29.8 Å². The van der Waals surface area contributed by atoms with Crippen LogP contribution >= 0.6 is 0 Å². The van der Waals surface area contributed by atoms with Gasteiger partial charge < -0.3 is 10.2 Å². The maximum Gasteiger partial charge on any atom is 0.412 e. The Bertz CT molecular complexity index is 530. The van der Waals surface area contributed by atoms with Crippen LogP contribution in [0.5, 0.6) is 0 Å². The van der Waals surface area contributed by atoms with Gasteiger partial charge in [0.2, 0.25) is 0 Å². The summed E-state index contributed by atoms with van der Waals surface area (Å²) in [5.41, 5.74) is -0.556. The van der Waals surface area contributed by atoms with Crippen molar-refractivity contribution in [1.29, 1.82) is 0 Å². The maximum absolute atomic E-state index is 12.6. The Labute approximate surface area is 122 Å². The Morgan fingerprint density at radius 1 is 1.19 bits per heavy atom. The first-order valence-electron chi connectivity index (χ1n) is 6.91.